The SMILES string of the molecule is O=C(O)CC(O)(C(=O)O)C(Oc1ccccc1)Oc1ccccc1. The Balaban J connectivity index is 2.36. The van der Waals surface area contributed by atoms with Gasteiger partial charge in [0.25, 0.3) is 6.29 Å². The van der Waals surface area contributed by atoms with Crippen LogP contribution in [0.5, 0.6) is 11.5 Å². The van der Waals surface area contributed by atoms with Crippen molar-refractivity contribution in [3.63, 3.8) is 0 Å². The van der Waals surface area contributed by atoms with E-state index in [1.54, 1.807) is 36.4 Å². The molecule has 126 valence electrons. The minimum atomic E-state index is -2.78. The fraction of sp³-hybridized carbons (Fsp3) is 0.176. The average Bonchev–Trinajstić information content (AvgIpc) is 2.55. The molecule has 7 heteroatoms. The van der Waals surface area contributed by atoms with Crippen LogP contribution in [0.4, 0.5) is 0 Å². The number of aliphatic hydroxyl groups is 1. The Morgan fingerprint density at radius 1 is 0.875 bits per heavy atom. The van der Waals surface area contributed by atoms with E-state index < -0.39 is 30.3 Å². The molecular formula is C17H16O7. The molecule has 24 heavy (non-hydrogen) atoms. The number of hydrogen-bond donors (Lipinski definition) is 3. The van der Waals surface area contributed by atoms with Crippen LogP contribution in [0, 0.1) is 0 Å². The van der Waals surface area contributed by atoms with Crippen LogP contribution < -0.4 is 9.47 Å². The van der Waals surface area contributed by atoms with Crippen LogP contribution in [0.2, 0.25) is 0 Å². The molecule has 0 saturated heterocycles. The van der Waals surface area contributed by atoms with Crippen molar-refractivity contribution in [1.82, 2.24) is 0 Å². The molecule has 0 aromatic heterocycles. The number of ether oxygens (including phenoxy) is 2. The lowest BCUT2D eigenvalue weighted by molar-refractivity contribution is -0.198. The first kappa shape index (κ1) is 17.3. The zero-order chi connectivity index (χ0) is 17.6. The third kappa shape index (κ3) is 4.23. The van der Waals surface area contributed by atoms with Crippen molar-refractivity contribution in [3.8, 4) is 11.5 Å². The van der Waals surface area contributed by atoms with Gasteiger partial charge in [-0.05, 0) is 24.3 Å². The van der Waals surface area contributed by atoms with Gasteiger partial charge in [-0.2, -0.15) is 0 Å². The van der Waals surface area contributed by atoms with E-state index >= 15 is 0 Å². The van der Waals surface area contributed by atoms with E-state index in [0.717, 1.165) is 0 Å². The summed E-state index contributed by atoms with van der Waals surface area (Å²) in [6.07, 6.45) is -2.86. The van der Waals surface area contributed by atoms with E-state index in [2.05, 4.69) is 0 Å². The monoisotopic (exact) mass is 332 g/mol. The van der Waals surface area contributed by atoms with Gasteiger partial charge in [0.05, 0.1) is 6.42 Å². The number of aliphatic carboxylic acids is 2. The van der Waals surface area contributed by atoms with Gasteiger partial charge in [-0.3, -0.25) is 4.79 Å². The van der Waals surface area contributed by atoms with Gasteiger partial charge in [0, 0.05) is 0 Å². The van der Waals surface area contributed by atoms with Gasteiger partial charge in [0.1, 0.15) is 11.5 Å². The zero-order valence-electron chi connectivity index (χ0n) is 12.5. The summed E-state index contributed by atoms with van der Waals surface area (Å²) < 4.78 is 10.9. The molecule has 2 aromatic carbocycles. The summed E-state index contributed by atoms with van der Waals surface area (Å²) >= 11 is 0. The maximum atomic E-state index is 11.5. The molecule has 0 aliphatic rings. The lowest BCUT2D eigenvalue weighted by Gasteiger charge is -2.31. The molecule has 0 amide bonds. The molecule has 0 saturated carbocycles. The predicted molar refractivity (Wildman–Crippen MR) is 82.8 cm³/mol. The molecule has 2 rings (SSSR count). The molecule has 3 N–H and O–H groups in total. The Bertz CT molecular complexity index is 645. The van der Waals surface area contributed by atoms with Crippen molar-refractivity contribution >= 4 is 11.9 Å². The molecule has 0 heterocycles. The summed E-state index contributed by atoms with van der Waals surface area (Å²) in [5.74, 6) is -2.81. The Labute approximate surface area is 137 Å². The summed E-state index contributed by atoms with van der Waals surface area (Å²) in [4.78, 5) is 22.5. The maximum absolute atomic E-state index is 11.5. The molecular weight excluding hydrogens is 316 g/mol. The van der Waals surface area contributed by atoms with Crippen molar-refractivity contribution in [2.45, 2.75) is 18.3 Å². The fourth-order valence-corrected chi connectivity index (χ4v) is 1.95. The lowest BCUT2D eigenvalue weighted by Crippen LogP contribution is -2.56. The van der Waals surface area contributed by atoms with Crippen LogP contribution in [0.1, 0.15) is 6.42 Å². The van der Waals surface area contributed by atoms with Crippen molar-refractivity contribution in [2.24, 2.45) is 0 Å². The van der Waals surface area contributed by atoms with Gasteiger partial charge in [-0.1, -0.05) is 36.4 Å². The molecule has 0 spiro atoms. The van der Waals surface area contributed by atoms with Crippen LogP contribution in [-0.4, -0.2) is 39.1 Å². The first-order valence-corrected chi connectivity index (χ1v) is 7.03. The molecule has 1 unspecified atom stereocenters. The summed E-state index contributed by atoms with van der Waals surface area (Å²) in [7, 11) is 0. The van der Waals surface area contributed by atoms with Crippen LogP contribution >= 0.6 is 0 Å². The Morgan fingerprint density at radius 3 is 1.62 bits per heavy atom. The van der Waals surface area contributed by atoms with E-state index in [9.17, 15) is 19.8 Å². The van der Waals surface area contributed by atoms with E-state index in [4.69, 9.17) is 14.6 Å². The number of benzene rings is 2. The number of carboxylic acid groups (broad SMARTS) is 2. The quantitative estimate of drug-likeness (QED) is 0.631. The van der Waals surface area contributed by atoms with E-state index in [1.165, 1.54) is 24.3 Å². The van der Waals surface area contributed by atoms with Gasteiger partial charge in [-0.25, -0.2) is 4.79 Å². The van der Waals surface area contributed by atoms with E-state index in [0.29, 0.717) is 0 Å². The molecule has 1 atom stereocenters. The first-order valence-electron chi connectivity index (χ1n) is 7.03. The first-order chi connectivity index (χ1) is 11.4. The summed E-state index contributed by atoms with van der Waals surface area (Å²) in [6, 6.07) is 16.2. The van der Waals surface area contributed by atoms with Gasteiger partial charge in [0.2, 0.25) is 5.60 Å². The van der Waals surface area contributed by atoms with Crippen molar-refractivity contribution in [1.29, 1.82) is 0 Å². The van der Waals surface area contributed by atoms with Crippen LogP contribution in [0.25, 0.3) is 0 Å². The summed E-state index contributed by atoms with van der Waals surface area (Å²) in [5.41, 5.74) is -2.78. The largest absolute Gasteiger partial charge is 0.481 e. The highest BCUT2D eigenvalue weighted by Gasteiger charge is 2.50. The van der Waals surface area contributed by atoms with Crippen molar-refractivity contribution < 1.29 is 34.4 Å². The number of para-hydroxylation sites is 2. The number of rotatable bonds is 8. The topological polar surface area (TPSA) is 113 Å². The molecule has 2 aromatic rings. The molecule has 0 fully saturated rings. The minimum absolute atomic E-state index is 0.225. The number of carbonyl (C=O) groups is 2. The highest BCUT2D eigenvalue weighted by Crippen LogP contribution is 2.25. The van der Waals surface area contributed by atoms with Gasteiger partial charge in [-0.15, -0.1) is 0 Å². The Morgan fingerprint density at radius 2 is 1.29 bits per heavy atom. The normalized spacial score (nSPS) is 13.1. The highest BCUT2D eigenvalue weighted by molar-refractivity contribution is 5.84. The third-order valence-electron chi connectivity index (χ3n) is 3.15. The van der Waals surface area contributed by atoms with Crippen LogP contribution in [-0.2, 0) is 9.59 Å². The van der Waals surface area contributed by atoms with Gasteiger partial charge in [0.15, 0.2) is 0 Å². The highest BCUT2D eigenvalue weighted by atomic mass is 16.7. The fourth-order valence-electron chi connectivity index (χ4n) is 1.95. The third-order valence-corrected chi connectivity index (χ3v) is 3.15. The number of hydrogen-bond acceptors (Lipinski definition) is 5. The van der Waals surface area contributed by atoms with Crippen LogP contribution in [0.3, 0.4) is 0 Å². The van der Waals surface area contributed by atoms with Crippen LogP contribution in [0.15, 0.2) is 60.7 Å². The van der Waals surface area contributed by atoms with E-state index in [1.807, 2.05) is 0 Å². The van der Waals surface area contributed by atoms with E-state index in [-0.39, 0.29) is 11.5 Å². The second kappa shape index (κ2) is 7.47. The Kier molecular flexibility index (Phi) is 5.39. The summed E-state index contributed by atoms with van der Waals surface area (Å²) in [5, 5.41) is 28.7. The second-order valence-corrected chi connectivity index (χ2v) is 4.99. The maximum Gasteiger partial charge on any atom is 0.344 e. The Hall–Kier alpha value is -3.06. The lowest BCUT2D eigenvalue weighted by atomic mass is 9.99. The van der Waals surface area contributed by atoms with Gasteiger partial charge < -0.3 is 24.8 Å². The molecule has 7 nitrogen and oxygen atoms in total. The van der Waals surface area contributed by atoms with Gasteiger partial charge >= 0.3 is 11.9 Å². The minimum Gasteiger partial charge on any atom is -0.481 e. The molecule has 0 radical (unpaired) electrons. The smallest absolute Gasteiger partial charge is 0.344 e. The second-order valence-electron chi connectivity index (χ2n) is 4.99. The molecule has 0 aliphatic heterocycles. The van der Waals surface area contributed by atoms with Crippen molar-refractivity contribution in [3.05, 3.63) is 60.7 Å². The average molecular weight is 332 g/mol. The summed E-state index contributed by atoms with van der Waals surface area (Å²) in [6.45, 7) is 0. The standard InChI is InChI=1S/C17H16O7/c18-14(19)11-17(22,15(20)21)16(23-12-7-3-1-4-8-12)24-13-9-5-2-6-10-13/h1-10,16,22H,11H2,(H,18,19)(H,20,21). The molecule has 0 bridgehead atoms. The number of carboxylic acids is 2. The zero-order valence-corrected chi connectivity index (χ0v) is 12.5. The predicted octanol–water partition coefficient (Wildman–Crippen LogP) is 1.76. The molecule has 0 aliphatic carbocycles. The van der Waals surface area contributed by atoms with Crippen molar-refractivity contribution in [2.75, 3.05) is 0 Å².